The molecule has 2 aromatic heterocycles. The van der Waals surface area contributed by atoms with Gasteiger partial charge in [-0.2, -0.15) is 0 Å². The number of hydrogen-bond donors (Lipinski definition) is 1. The number of sulfonamides is 1. The van der Waals surface area contributed by atoms with Crippen LogP contribution >= 0.6 is 22.9 Å². The number of thiazole rings is 1. The van der Waals surface area contributed by atoms with Gasteiger partial charge in [-0.05, 0) is 5.92 Å². The van der Waals surface area contributed by atoms with Crippen molar-refractivity contribution in [3.8, 4) is 0 Å². The van der Waals surface area contributed by atoms with Crippen LogP contribution in [0.5, 0.6) is 0 Å². The minimum atomic E-state index is -3.62. The quantitative estimate of drug-likeness (QED) is 0.922. The minimum Gasteiger partial charge on any atom is -0.279 e. The Labute approximate surface area is 115 Å². The molecule has 1 atom stereocenters. The average molecular weight is 308 g/mol. The summed E-state index contributed by atoms with van der Waals surface area (Å²) < 4.78 is 28.4. The van der Waals surface area contributed by atoms with Crippen LogP contribution in [0, 0.1) is 5.92 Å². The Morgan fingerprint density at radius 3 is 3.00 bits per heavy atom. The van der Waals surface area contributed by atoms with E-state index in [1.54, 1.807) is 11.6 Å². The van der Waals surface area contributed by atoms with Crippen LogP contribution in [0.15, 0.2) is 16.6 Å². The number of halogens is 1. The second-order valence-electron chi connectivity index (χ2n) is 4.13. The molecule has 0 bridgehead atoms. The molecule has 2 rings (SSSR count). The Hall–Kier alpha value is -0.630. The first-order valence-corrected chi connectivity index (χ1v) is 8.30. The summed E-state index contributed by atoms with van der Waals surface area (Å²) in [5.41, 5.74) is 0. The van der Waals surface area contributed by atoms with Crippen molar-refractivity contribution < 1.29 is 8.42 Å². The molecule has 0 aromatic carbocycles. The number of fused-ring (bicyclic) bond motifs is 1. The van der Waals surface area contributed by atoms with E-state index < -0.39 is 10.0 Å². The maximum Gasteiger partial charge on any atom is 0.259 e. The van der Waals surface area contributed by atoms with E-state index in [-0.39, 0.29) is 16.1 Å². The van der Waals surface area contributed by atoms with E-state index in [2.05, 4.69) is 9.71 Å². The molecule has 0 saturated carbocycles. The smallest absolute Gasteiger partial charge is 0.259 e. The number of nitrogens with one attached hydrogen (secondary N) is 1. The molecule has 0 aliphatic rings. The van der Waals surface area contributed by atoms with Crippen LogP contribution in [0.1, 0.15) is 20.3 Å². The van der Waals surface area contributed by atoms with Crippen LogP contribution in [0.25, 0.3) is 4.96 Å². The van der Waals surface area contributed by atoms with E-state index in [9.17, 15) is 8.42 Å². The predicted octanol–water partition coefficient (Wildman–Crippen LogP) is 2.37. The van der Waals surface area contributed by atoms with E-state index in [0.717, 1.165) is 6.42 Å². The lowest BCUT2D eigenvalue weighted by Crippen LogP contribution is -2.29. The molecule has 8 heteroatoms. The third-order valence-corrected chi connectivity index (χ3v) is 5.33. The summed E-state index contributed by atoms with van der Waals surface area (Å²) in [5, 5.41) is 1.80. The number of aromatic nitrogens is 2. The third kappa shape index (κ3) is 2.54. The fourth-order valence-electron chi connectivity index (χ4n) is 1.44. The largest absolute Gasteiger partial charge is 0.279 e. The maximum atomic E-state index is 12.2. The zero-order valence-corrected chi connectivity index (χ0v) is 12.4. The summed E-state index contributed by atoms with van der Waals surface area (Å²) >= 11 is 7.24. The van der Waals surface area contributed by atoms with Gasteiger partial charge in [-0.1, -0.05) is 31.9 Å². The maximum absolute atomic E-state index is 12.2. The standard InChI is InChI=1S/C10H14ClN3O2S2/c1-3-7(2)6-12-18(15,16)9-8(11)13-10-14(9)4-5-17-10/h4-5,7,12H,3,6H2,1-2H3. The normalized spacial score (nSPS) is 14.2. The zero-order valence-electron chi connectivity index (χ0n) is 10.1. The highest BCUT2D eigenvalue weighted by atomic mass is 35.5. The van der Waals surface area contributed by atoms with Gasteiger partial charge in [0.2, 0.25) is 0 Å². The van der Waals surface area contributed by atoms with Crippen molar-refractivity contribution in [2.75, 3.05) is 6.54 Å². The molecule has 100 valence electrons. The van der Waals surface area contributed by atoms with Gasteiger partial charge in [0.1, 0.15) is 0 Å². The predicted molar refractivity (Wildman–Crippen MR) is 72.7 cm³/mol. The molecule has 0 saturated heterocycles. The fraction of sp³-hybridized carbons (Fsp3) is 0.500. The monoisotopic (exact) mass is 307 g/mol. The lowest BCUT2D eigenvalue weighted by Gasteiger charge is -2.10. The Bertz CT molecular complexity index is 647. The number of nitrogens with zero attached hydrogens (tertiary/aromatic N) is 2. The van der Waals surface area contributed by atoms with Gasteiger partial charge in [0.05, 0.1) is 0 Å². The molecule has 0 aliphatic heterocycles. The highest BCUT2D eigenvalue weighted by Crippen LogP contribution is 2.25. The summed E-state index contributed by atoms with van der Waals surface area (Å²) in [6.07, 6.45) is 2.56. The van der Waals surface area contributed by atoms with Crippen molar-refractivity contribution in [3.05, 3.63) is 16.7 Å². The lowest BCUT2D eigenvalue weighted by molar-refractivity contribution is 0.526. The van der Waals surface area contributed by atoms with E-state index in [0.29, 0.717) is 11.5 Å². The SMILES string of the molecule is CCC(C)CNS(=O)(=O)c1c(Cl)nc2sccn12. The Morgan fingerprint density at radius 2 is 2.33 bits per heavy atom. The van der Waals surface area contributed by atoms with Crippen molar-refractivity contribution in [2.24, 2.45) is 5.92 Å². The van der Waals surface area contributed by atoms with Crippen LogP contribution in [0.3, 0.4) is 0 Å². The first kappa shape index (κ1) is 13.8. The van der Waals surface area contributed by atoms with Gasteiger partial charge in [-0.3, -0.25) is 4.40 Å². The summed E-state index contributed by atoms with van der Waals surface area (Å²) in [6.45, 7) is 4.40. The molecule has 0 radical (unpaired) electrons. The van der Waals surface area contributed by atoms with E-state index in [1.165, 1.54) is 15.7 Å². The van der Waals surface area contributed by atoms with Gasteiger partial charge < -0.3 is 0 Å². The summed E-state index contributed by atoms with van der Waals surface area (Å²) in [5.74, 6) is 0.282. The second kappa shape index (κ2) is 5.16. The summed E-state index contributed by atoms with van der Waals surface area (Å²) in [7, 11) is -3.62. The van der Waals surface area contributed by atoms with Gasteiger partial charge in [-0.15, -0.1) is 11.3 Å². The van der Waals surface area contributed by atoms with Crippen LogP contribution < -0.4 is 4.72 Å². The van der Waals surface area contributed by atoms with Crippen LogP contribution in [-0.4, -0.2) is 24.3 Å². The second-order valence-corrected chi connectivity index (χ2v) is 7.04. The first-order valence-electron chi connectivity index (χ1n) is 5.56. The molecule has 0 aliphatic carbocycles. The molecule has 2 heterocycles. The van der Waals surface area contributed by atoms with Crippen LogP contribution in [0.4, 0.5) is 0 Å². The Kier molecular flexibility index (Phi) is 3.96. The molecule has 0 amide bonds. The van der Waals surface area contributed by atoms with Gasteiger partial charge in [-0.25, -0.2) is 18.1 Å². The molecule has 0 fully saturated rings. The van der Waals surface area contributed by atoms with Crippen LogP contribution in [0.2, 0.25) is 5.15 Å². The van der Waals surface area contributed by atoms with Crippen molar-refractivity contribution in [2.45, 2.75) is 25.3 Å². The number of imidazole rings is 1. The highest BCUT2D eigenvalue weighted by molar-refractivity contribution is 7.89. The molecule has 5 nitrogen and oxygen atoms in total. The first-order chi connectivity index (χ1) is 8.45. The Morgan fingerprint density at radius 1 is 1.61 bits per heavy atom. The molecule has 1 N–H and O–H groups in total. The fourth-order valence-corrected chi connectivity index (χ4v) is 4.06. The van der Waals surface area contributed by atoms with Gasteiger partial charge in [0.15, 0.2) is 15.1 Å². The molecule has 0 spiro atoms. The van der Waals surface area contributed by atoms with E-state index in [1.807, 2.05) is 13.8 Å². The van der Waals surface area contributed by atoms with E-state index >= 15 is 0 Å². The van der Waals surface area contributed by atoms with Gasteiger partial charge >= 0.3 is 0 Å². The molecule has 18 heavy (non-hydrogen) atoms. The molecular formula is C10H14ClN3O2S2. The van der Waals surface area contributed by atoms with Crippen molar-refractivity contribution in [1.82, 2.24) is 14.1 Å². The average Bonchev–Trinajstić information content (AvgIpc) is 2.84. The third-order valence-electron chi connectivity index (χ3n) is 2.75. The highest BCUT2D eigenvalue weighted by Gasteiger charge is 2.24. The Balaban J connectivity index is 2.34. The van der Waals surface area contributed by atoms with Gasteiger partial charge in [0, 0.05) is 18.1 Å². The topological polar surface area (TPSA) is 63.5 Å². The van der Waals surface area contributed by atoms with E-state index in [4.69, 9.17) is 11.6 Å². The summed E-state index contributed by atoms with van der Waals surface area (Å²) in [6, 6.07) is 0. The minimum absolute atomic E-state index is 0.0125. The van der Waals surface area contributed by atoms with Crippen molar-refractivity contribution in [3.63, 3.8) is 0 Å². The van der Waals surface area contributed by atoms with Crippen LogP contribution in [-0.2, 0) is 10.0 Å². The van der Waals surface area contributed by atoms with Crippen molar-refractivity contribution in [1.29, 1.82) is 0 Å². The molecule has 2 aromatic rings. The zero-order chi connectivity index (χ0) is 13.3. The molecule has 1 unspecified atom stereocenters. The summed E-state index contributed by atoms with van der Waals surface area (Å²) in [4.78, 5) is 4.59. The van der Waals surface area contributed by atoms with Crippen molar-refractivity contribution >= 4 is 37.9 Å². The number of rotatable bonds is 5. The lowest BCUT2D eigenvalue weighted by atomic mass is 10.1. The molecular weight excluding hydrogens is 294 g/mol. The number of hydrogen-bond acceptors (Lipinski definition) is 4. The van der Waals surface area contributed by atoms with Gasteiger partial charge in [0.25, 0.3) is 10.0 Å².